The van der Waals surface area contributed by atoms with Gasteiger partial charge in [0, 0.05) is 0 Å². The van der Waals surface area contributed by atoms with E-state index < -0.39 is 0 Å². The molecule has 3 atom stereocenters. The van der Waals surface area contributed by atoms with E-state index in [0.29, 0.717) is 11.8 Å². The average molecular weight is 232 g/mol. The Kier molecular flexibility index (Phi) is 3.58. The van der Waals surface area contributed by atoms with Crippen molar-refractivity contribution in [2.45, 2.75) is 39.5 Å². The fourth-order valence-corrected chi connectivity index (χ4v) is 3.33. The Morgan fingerprint density at radius 3 is 2.82 bits per heavy atom. The molecule has 1 nitrogen and oxygen atoms in total. The third-order valence-electron chi connectivity index (χ3n) is 4.77. The lowest BCUT2D eigenvalue weighted by atomic mass is 9.56. The van der Waals surface area contributed by atoms with Crippen molar-refractivity contribution in [1.29, 1.82) is 0 Å². The molecule has 0 aromatic carbocycles. The van der Waals surface area contributed by atoms with Gasteiger partial charge in [0.1, 0.15) is 0 Å². The molecule has 3 aliphatic carbocycles. The van der Waals surface area contributed by atoms with Crippen LogP contribution in [0.3, 0.4) is 0 Å². The van der Waals surface area contributed by atoms with E-state index in [1.54, 1.807) is 0 Å². The molecule has 0 spiro atoms. The number of allylic oxidation sites excluding steroid dienone is 4. The second-order valence-corrected chi connectivity index (χ2v) is 5.87. The van der Waals surface area contributed by atoms with Gasteiger partial charge in [-0.25, -0.2) is 0 Å². The van der Waals surface area contributed by atoms with Crippen LogP contribution in [0.4, 0.5) is 0 Å². The molecule has 3 rings (SSSR count). The van der Waals surface area contributed by atoms with Gasteiger partial charge in [0.25, 0.3) is 0 Å². The van der Waals surface area contributed by atoms with Crippen LogP contribution < -0.4 is 0 Å². The molecule has 0 heterocycles. The standard InChI is InChI=1S/C16H24O/c1-12(11-17)5-4-10-16(3)13(2)14-6-8-15(16)9-7-14/h5-6,8,14-15,17H,2,4,7,9-11H2,1,3H3/b12-5+/t14-,15+,16+/m0/s1. The smallest absolute Gasteiger partial charge is 0.0639 e. The summed E-state index contributed by atoms with van der Waals surface area (Å²) in [5, 5.41) is 9.00. The Balaban J connectivity index is 2.04. The first-order chi connectivity index (χ1) is 8.08. The molecule has 1 N–H and O–H groups in total. The summed E-state index contributed by atoms with van der Waals surface area (Å²) in [4.78, 5) is 0. The summed E-state index contributed by atoms with van der Waals surface area (Å²) in [6.07, 6.45) is 11.8. The summed E-state index contributed by atoms with van der Waals surface area (Å²) in [7, 11) is 0. The lowest BCUT2D eigenvalue weighted by Crippen LogP contribution is -2.38. The molecule has 2 bridgehead atoms. The van der Waals surface area contributed by atoms with E-state index in [9.17, 15) is 0 Å². The van der Waals surface area contributed by atoms with Gasteiger partial charge in [-0.1, -0.05) is 42.9 Å². The van der Waals surface area contributed by atoms with Crippen LogP contribution in [0.25, 0.3) is 0 Å². The first kappa shape index (κ1) is 12.6. The minimum absolute atomic E-state index is 0.184. The SMILES string of the molecule is C=C1[C@H]2C=C[C@H](CC2)[C@]1(C)CC/C=C(\C)CO. The second kappa shape index (κ2) is 4.81. The molecule has 0 aliphatic heterocycles. The van der Waals surface area contributed by atoms with Gasteiger partial charge >= 0.3 is 0 Å². The highest BCUT2D eigenvalue weighted by Crippen LogP contribution is 2.54. The second-order valence-electron chi connectivity index (χ2n) is 5.87. The summed E-state index contributed by atoms with van der Waals surface area (Å²) in [6, 6.07) is 0. The van der Waals surface area contributed by atoms with Crippen LogP contribution in [0, 0.1) is 17.3 Å². The molecule has 0 aromatic heterocycles. The third-order valence-corrected chi connectivity index (χ3v) is 4.77. The van der Waals surface area contributed by atoms with Crippen molar-refractivity contribution in [2.75, 3.05) is 6.61 Å². The Hall–Kier alpha value is -0.820. The Morgan fingerprint density at radius 2 is 2.29 bits per heavy atom. The van der Waals surface area contributed by atoms with Crippen molar-refractivity contribution in [2.24, 2.45) is 17.3 Å². The normalized spacial score (nSPS) is 36.6. The van der Waals surface area contributed by atoms with Gasteiger partial charge in [-0.15, -0.1) is 0 Å². The molecule has 0 saturated heterocycles. The molecule has 1 saturated carbocycles. The predicted octanol–water partition coefficient (Wildman–Crippen LogP) is 3.86. The summed E-state index contributed by atoms with van der Waals surface area (Å²) < 4.78 is 0. The molecular weight excluding hydrogens is 208 g/mol. The van der Waals surface area contributed by atoms with Gasteiger partial charge in [-0.2, -0.15) is 0 Å². The van der Waals surface area contributed by atoms with Crippen LogP contribution in [-0.2, 0) is 0 Å². The van der Waals surface area contributed by atoms with Crippen LogP contribution in [-0.4, -0.2) is 11.7 Å². The van der Waals surface area contributed by atoms with E-state index in [4.69, 9.17) is 5.11 Å². The zero-order chi connectivity index (χ0) is 12.5. The fourth-order valence-electron chi connectivity index (χ4n) is 3.33. The molecule has 0 amide bonds. The first-order valence-corrected chi connectivity index (χ1v) is 6.72. The van der Waals surface area contributed by atoms with Crippen molar-refractivity contribution in [3.8, 4) is 0 Å². The number of hydrogen-bond donors (Lipinski definition) is 1. The number of hydrogen-bond acceptors (Lipinski definition) is 1. The van der Waals surface area contributed by atoms with Crippen molar-refractivity contribution in [1.82, 2.24) is 0 Å². The highest BCUT2D eigenvalue weighted by molar-refractivity contribution is 5.29. The molecule has 17 heavy (non-hydrogen) atoms. The molecular formula is C16H24O. The number of rotatable bonds is 4. The van der Waals surface area contributed by atoms with Gasteiger partial charge in [-0.3, -0.25) is 0 Å². The first-order valence-electron chi connectivity index (χ1n) is 6.72. The van der Waals surface area contributed by atoms with Gasteiger partial charge in [0.05, 0.1) is 6.61 Å². The minimum atomic E-state index is 0.184. The van der Waals surface area contributed by atoms with E-state index in [1.807, 2.05) is 6.92 Å². The average Bonchev–Trinajstić information content (AvgIpc) is 2.36. The molecule has 3 aliphatic rings. The number of fused-ring (bicyclic) bond motifs is 2. The van der Waals surface area contributed by atoms with E-state index in [2.05, 4.69) is 31.7 Å². The monoisotopic (exact) mass is 232 g/mol. The maximum atomic E-state index is 9.00. The highest BCUT2D eigenvalue weighted by atomic mass is 16.3. The van der Waals surface area contributed by atoms with Gasteiger partial charge in [0.2, 0.25) is 0 Å². The van der Waals surface area contributed by atoms with E-state index in [-0.39, 0.29) is 12.0 Å². The summed E-state index contributed by atoms with van der Waals surface area (Å²) in [6.45, 7) is 8.89. The van der Waals surface area contributed by atoms with Crippen molar-refractivity contribution < 1.29 is 5.11 Å². The molecule has 0 aromatic rings. The highest BCUT2D eigenvalue weighted by Gasteiger charge is 2.43. The summed E-state index contributed by atoms with van der Waals surface area (Å²) in [5.74, 6) is 1.30. The topological polar surface area (TPSA) is 20.2 Å². The van der Waals surface area contributed by atoms with E-state index in [0.717, 1.165) is 18.4 Å². The molecule has 0 unspecified atom stereocenters. The Labute approximate surface area is 105 Å². The lowest BCUT2D eigenvalue weighted by molar-refractivity contribution is 0.177. The summed E-state index contributed by atoms with van der Waals surface area (Å²) >= 11 is 0. The van der Waals surface area contributed by atoms with Crippen molar-refractivity contribution in [3.63, 3.8) is 0 Å². The largest absolute Gasteiger partial charge is 0.392 e. The van der Waals surface area contributed by atoms with Crippen molar-refractivity contribution >= 4 is 0 Å². The van der Waals surface area contributed by atoms with E-state index >= 15 is 0 Å². The molecule has 1 fully saturated rings. The number of aliphatic hydroxyl groups is 1. The molecule has 0 radical (unpaired) electrons. The zero-order valence-corrected chi connectivity index (χ0v) is 11.1. The van der Waals surface area contributed by atoms with E-state index in [1.165, 1.54) is 18.4 Å². The van der Waals surface area contributed by atoms with Gasteiger partial charge in [0.15, 0.2) is 0 Å². The Bertz CT molecular complexity index is 364. The van der Waals surface area contributed by atoms with Crippen LogP contribution in [0.2, 0.25) is 0 Å². The maximum Gasteiger partial charge on any atom is 0.0639 e. The quantitative estimate of drug-likeness (QED) is 0.730. The van der Waals surface area contributed by atoms with Crippen LogP contribution in [0.1, 0.15) is 39.5 Å². The van der Waals surface area contributed by atoms with Crippen molar-refractivity contribution in [3.05, 3.63) is 36.0 Å². The van der Waals surface area contributed by atoms with Gasteiger partial charge < -0.3 is 5.11 Å². The third kappa shape index (κ3) is 2.26. The van der Waals surface area contributed by atoms with Crippen LogP contribution in [0.15, 0.2) is 36.0 Å². The summed E-state index contributed by atoms with van der Waals surface area (Å²) in [5.41, 5.74) is 2.80. The Morgan fingerprint density at radius 1 is 1.53 bits per heavy atom. The van der Waals surface area contributed by atoms with Gasteiger partial charge in [-0.05, 0) is 49.9 Å². The molecule has 1 heteroatoms. The van der Waals surface area contributed by atoms with Crippen LogP contribution in [0.5, 0.6) is 0 Å². The molecule has 94 valence electrons. The number of aliphatic hydroxyl groups excluding tert-OH is 1. The zero-order valence-electron chi connectivity index (χ0n) is 11.1. The fraction of sp³-hybridized carbons (Fsp3) is 0.625. The predicted molar refractivity (Wildman–Crippen MR) is 72.7 cm³/mol. The van der Waals surface area contributed by atoms with Crippen LogP contribution >= 0.6 is 0 Å². The lowest BCUT2D eigenvalue weighted by Gasteiger charge is -2.48. The minimum Gasteiger partial charge on any atom is -0.392 e. The maximum absolute atomic E-state index is 9.00.